The van der Waals surface area contributed by atoms with Gasteiger partial charge in [-0.05, 0) is 6.92 Å². The van der Waals surface area contributed by atoms with Crippen molar-refractivity contribution >= 4 is 5.97 Å². The highest BCUT2D eigenvalue weighted by molar-refractivity contribution is 5.65. The Balaban J connectivity index is 0.000000288. The maximum absolute atomic E-state index is 10.2. The third-order valence-corrected chi connectivity index (χ3v) is 1.03. The number of esters is 1. The average molecular weight is 217 g/mol. The molecule has 0 atom stereocenters. The summed E-state index contributed by atoms with van der Waals surface area (Å²) in [6.45, 7) is 3.65. The lowest BCUT2D eigenvalue weighted by atomic mass is 10.8. The standard InChI is InChI=1S/C4H8O2.C3H3N3O3/c1-3-6-4(2)5;7-1-4-2(8)6-3(9)5-1/h3H2,1-2H3;(H3,4,5,6,7,8,9). The van der Waals surface area contributed by atoms with Crippen LogP contribution in [-0.2, 0) is 9.53 Å². The van der Waals surface area contributed by atoms with Crippen molar-refractivity contribution in [3.05, 3.63) is 31.5 Å². The molecule has 0 amide bonds. The van der Waals surface area contributed by atoms with Crippen LogP contribution in [0.4, 0.5) is 0 Å². The molecular weight excluding hydrogens is 206 g/mol. The molecule has 0 aliphatic carbocycles. The van der Waals surface area contributed by atoms with Crippen LogP contribution in [0.15, 0.2) is 14.4 Å². The monoisotopic (exact) mass is 217 g/mol. The van der Waals surface area contributed by atoms with Crippen LogP contribution >= 0.6 is 0 Å². The van der Waals surface area contributed by atoms with Gasteiger partial charge in [-0.3, -0.25) is 19.7 Å². The Morgan fingerprint density at radius 2 is 1.40 bits per heavy atom. The lowest BCUT2D eigenvalue weighted by molar-refractivity contribution is -0.140. The average Bonchev–Trinajstić information content (AvgIpc) is 2.00. The summed E-state index contributed by atoms with van der Waals surface area (Å²) in [5.74, 6) is -0.211. The summed E-state index contributed by atoms with van der Waals surface area (Å²) in [6.07, 6.45) is 0. The fourth-order valence-corrected chi connectivity index (χ4v) is 0.606. The molecule has 0 aromatic carbocycles. The predicted molar refractivity (Wildman–Crippen MR) is 50.6 cm³/mol. The number of hydrogen-bond acceptors (Lipinski definition) is 5. The molecule has 1 aromatic rings. The molecule has 0 aliphatic heterocycles. The first kappa shape index (κ1) is 12.9. The molecule has 0 fully saturated rings. The van der Waals surface area contributed by atoms with Crippen LogP contribution in [-0.4, -0.2) is 27.5 Å². The number of ether oxygens (including phenoxy) is 1. The molecule has 0 saturated heterocycles. The number of H-pyrrole nitrogens is 3. The van der Waals surface area contributed by atoms with Crippen molar-refractivity contribution < 1.29 is 9.53 Å². The van der Waals surface area contributed by atoms with Crippen LogP contribution in [0, 0.1) is 0 Å². The van der Waals surface area contributed by atoms with Crippen LogP contribution in [0.5, 0.6) is 0 Å². The van der Waals surface area contributed by atoms with Crippen molar-refractivity contribution in [2.24, 2.45) is 0 Å². The summed E-state index contributed by atoms with van der Waals surface area (Å²) in [4.78, 5) is 45.7. The van der Waals surface area contributed by atoms with Gasteiger partial charge in [0.2, 0.25) is 0 Å². The highest BCUT2D eigenvalue weighted by Gasteiger charge is 1.85. The molecule has 0 aliphatic rings. The van der Waals surface area contributed by atoms with Gasteiger partial charge in [0.1, 0.15) is 0 Å². The van der Waals surface area contributed by atoms with E-state index in [9.17, 15) is 19.2 Å². The molecule has 8 heteroatoms. The minimum Gasteiger partial charge on any atom is -0.466 e. The zero-order valence-corrected chi connectivity index (χ0v) is 8.25. The van der Waals surface area contributed by atoms with E-state index in [1.807, 2.05) is 0 Å². The van der Waals surface area contributed by atoms with Gasteiger partial charge in [0.05, 0.1) is 6.61 Å². The predicted octanol–water partition coefficient (Wildman–Crippen LogP) is -1.68. The minimum absolute atomic E-state index is 0.211. The second-order valence-electron chi connectivity index (χ2n) is 2.29. The Labute approximate surface area is 83.3 Å². The summed E-state index contributed by atoms with van der Waals surface area (Å²) in [5, 5.41) is 0. The summed E-state index contributed by atoms with van der Waals surface area (Å²) in [7, 11) is 0. The Morgan fingerprint density at radius 3 is 1.53 bits per heavy atom. The number of aromatic amines is 3. The number of rotatable bonds is 1. The van der Waals surface area contributed by atoms with Crippen molar-refractivity contribution in [3.63, 3.8) is 0 Å². The van der Waals surface area contributed by atoms with Crippen molar-refractivity contribution in [3.8, 4) is 0 Å². The molecule has 3 N–H and O–H groups in total. The molecule has 0 saturated carbocycles. The molecule has 0 spiro atoms. The number of nitrogens with one attached hydrogen (secondary N) is 3. The number of carbonyl (C=O) groups is 1. The van der Waals surface area contributed by atoms with Crippen LogP contribution in [0.3, 0.4) is 0 Å². The molecule has 15 heavy (non-hydrogen) atoms. The third-order valence-electron chi connectivity index (χ3n) is 1.03. The van der Waals surface area contributed by atoms with Gasteiger partial charge in [-0.25, -0.2) is 14.4 Å². The quantitative estimate of drug-likeness (QED) is 0.484. The van der Waals surface area contributed by atoms with Crippen LogP contribution in [0.1, 0.15) is 13.8 Å². The van der Waals surface area contributed by atoms with E-state index in [1.165, 1.54) is 6.92 Å². The normalized spacial score (nSPS) is 8.67. The summed E-state index contributed by atoms with van der Waals surface area (Å²) >= 11 is 0. The molecular formula is C7H11N3O5. The Bertz CT molecular complexity index is 390. The first-order valence-corrected chi connectivity index (χ1v) is 4.02. The van der Waals surface area contributed by atoms with Gasteiger partial charge in [0.25, 0.3) is 0 Å². The number of hydrogen-bond donors (Lipinski definition) is 3. The summed E-state index contributed by atoms with van der Waals surface area (Å²) in [5.41, 5.74) is -2.41. The second-order valence-corrected chi connectivity index (χ2v) is 2.29. The number of aromatic nitrogens is 3. The van der Waals surface area contributed by atoms with Gasteiger partial charge < -0.3 is 4.74 Å². The van der Waals surface area contributed by atoms with E-state index < -0.39 is 17.1 Å². The first-order chi connectivity index (χ1) is 6.95. The van der Waals surface area contributed by atoms with Gasteiger partial charge in [0, 0.05) is 6.92 Å². The lowest BCUT2D eigenvalue weighted by Crippen LogP contribution is -2.34. The van der Waals surface area contributed by atoms with E-state index in [4.69, 9.17) is 0 Å². The Hall–Kier alpha value is -2.12. The van der Waals surface area contributed by atoms with Gasteiger partial charge in [-0.15, -0.1) is 0 Å². The van der Waals surface area contributed by atoms with E-state index >= 15 is 0 Å². The third kappa shape index (κ3) is 6.99. The highest BCUT2D eigenvalue weighted by Crippen LogP contribution is 1.69. The highest BCUT2D eigenvalue weighted by atomic mass is 16.5. The molecule has 8 nitrogen and oxygen atoms in total. The zero-order chi connectivity index (χ0) is 11.8. The SMILES string of the molecule is CCOC(C)=O.O=c1[nH]c(=O)[nH]c(=O)[nH]1. The minimum atomic E-state index is -0.802. The fraction of sp³-hybridized carbons (Fsp3) is 0.429. The van der Waals surface area contributed by atoms with E-state index in [-0.39, 0.29) is 5.97 Å². The topological polar surface area (TPSA) is 125 Å². The first-order valence-electron chi connectivity index (χ1n) is 4.02. The van der Waals surface area contributed by atoms with Gasteiger partial charge in [-0.2, -0.15) is 0 Å². The van der Waals surface area contributed by atoms with E-state index in [0.717, 1.165) is 0 Å². The maximum atomic E-state index is 10.2. The van der Waals surface area contributed by atoms with Gasteiger partial charge in [0.15, 0.2) is 0 Å². The van der Waals surface area contributed by atoms with Crippen molar-refractivity contribution in [2.75, 3.05) is 6.61 Å². The van der Waals surface area contributed by atoms with Crippen LogP contribution in [0.25, 0.3) is 0 Å². The molecule has 1 rings (SSSR count). The fourth-order valence-electron chi connectivity index (χ4n) is 0.606. The molecule has 0 bridgehead atoms. The molecule has 84 valence electrons. The second kappa shape index (κ2) is 6.35. The van der Waals surface area contributed by atoms with Crippen molar-refractivity contribution in [1.29, 1.82) is 0 Å². The summed E-state index contributed by atoms with van der Waals surface area (Å²) < 4.78 is 4.40. The van der Waals surface area contributed by atoms with E-state index in [2.05, 4.69) is 4.74 Å². The molecule has 0 unspecified atom stereocenters. The van der Waals surface area contributed by atoms with Gasteiger partial charge in [-0.1, -0.05) is 0 Å². The van der Waals surface area contributed by atoms with E-state index in [0.29, 0.717) is 6.61 Å². The number of carbonyl (C=O) groups excluding carboxylic acids is 1. The molecule has 1 aromatic heterocycles. The molecule has 1 heterocycles. The van der Waals surface area contributed by atoms with Crippen molar-refractivity contribution in [1.82, 2.24) is 15.0 Å². The van der Waals surface area contributed by atoms with Crippen LogP contribution in [0.2, 0.25) is 0 Å². The Kier molecular flexibility index (Phi) is 5.45. The van der Waals surface area contributed by atoms with Gasteiger partial charge >= 0.3 is 23.0 Å². The zero-order valence-electron chi connectivity index (χ0n) is 8.25. The smallest absolute Gasteiger partial charge is 0.330 e. The van der Waals surface area contributed by atoms with E-state index in [1.54, 1.807) is 21.9 Å². The van der Waals surface area contributed by atoms with Crippen LogP contribution < -0.4 is 17.1 Å². The summed E-state index contributed by atoms with van der Waals surface area (Å²) in [6, 6.07) is 0. The lowest BCUT2D eigenvalue weighted by Gasteiger charge is -1.89. The Morgan fingerprint density at radius 1 is 1.07 bits per heavy atom. The largest absolute Gasteiger partial charge is 0.466 e. The maximum Gasteiger partial charge on any atom is 0.330 e. The molecule has 0 radical (unpaired) electrons. The van der Waals surface area contributed by atoms with Crippen molar-refractivity contribution in [2.45, 2.75) is 13.8 Å².